The van der Waals surface area contributed by atoms with E-state index < -0.39 is 0 Å². The van der Waals surface area contributed by atoms with Crippen LogP contribution in [0.5, 0.6) is 0 Å². The second-order valence-corrected chi connectivity index (χ2v) is 6.45. The number of hydrogen-bond donors (Lipinski definition) is 0. The first-order chi connectivity index (χ1) is 8.28. The summed E-state index contributed by atoms with van der Waals surface area (Å²) in [5, 5.41) is 0. The molecule has 0 aromatic carbocycles. The highest BCUT2D eigenvalue weighted by molar-refractivity contribution is 5.79. The maximum absolute atomic E-state index is 12.4. The molecule has 2 aliphatic carbocycles. The lowest BCUT2D eigenvalue weighted by Crippen LogP contribution is -2.36. The number of rotatable bonds is 2. The summed E-state index contributed by atoms with van der Waals surface area (Å²) in [6.07, 6.45) is 8.91. The molecule has 1 aliphatic heterocycles. The second kappa shape index (κ2) is 4.62. The van der Waals surface area contributed by atoms with Crippen molar-refractivity contribution in [3.63, 3.8) is 0 Å². The molecule has 0 bridgehead atoms. The van der Waals surface area contributed by atoms with Crippen LogP contribution in [0, 0.1) is 23.7 Å². The number of carbonyl (C=O) groups excluding carboxylic acids is 1. The first kappa shape index (κ1) is 11.6. The van der Waals surface area contributed by atoms with E-state index in [-0.39, 0.29) is 0 Å². The van der Waals surface area contributed by atoms with Crippen LogP contribution in [0.1, 0.15) is 51.9 Å². The molecule has 0 N–H and O–H groups in total. The molecule has 96 valence electrons. The van der Waals surface area contributed by atoms with Crippen LogP contribution >= 0.6 is 0 Å². The Hall–Kier alpha value is -0.530. The highest BCUT2D eigenvalue weighted by atomic mass is 16.2. The third-order valence-electron chi connectivity index (χ3n) is 5.33. The first-order valence-corrected chi connectivity index (χ1v) is 7.56. The van der Waals surface area contributed by atoms with E-state index in [2.05, 4.69) is 11.8 Å². The molecule has 3 atom stereocenters. The van der Waals surface area contributed by atoms with Gasteiger partial charge in [-0.15, -0.1) is 0 Å². The molecule has 0 spiro atoms. The largest absolute Gasteiger partial charge is 0.342 e. The van der Waals surface area contributed by atoms with Gasteiger partial charge in [0.1, 0.15) is 0 Å². The molecule has 2 heteroatoms. The molecule has 3 rings (SSSR count). The summed E-state index contributed by atoms with van der Waals surface area (Å²) in [5.41, 5.74) is 0. The summed E-state index contributed by atoms with van der Waals surface area (Å²) < 4.78 is 0. The van der Waals surface area contributed by atoms with Crippen LogP contribution in [0.3, 0.4) is 0 Å². The lowest BCUT2D eigenvalue weighted by molar-refractivity contribution is -0.135. The predicted molar refractivity (Wildman–Crippen MR) is 68.5 cm³/mol. The minimum atomic E-state index is 0.400. The summed E-state index contributed by atoms with van der Waals surface area (Å²) in [6.45, 7) is 4.34. The molecule has 1 amide bonds. The molecule has 17 heavy (non-hydrogen) atoms. The summed E-state index contributed by atoms with van der Waals surface area (Å²) in [4.78, 5) is 14.6. The number of hydrogen-bond acceptors (Lipinski definition) is 1. The Kier molecular flexibility index (Phi) is 3.14. The lowest BCUT2D eigenvalue weighted by Gasteiger charge is -2.24. The van der Waals surface area contributed by atoms with Crippen LogP contribution in [0.25, 0.3) is 0 Å². The fourth-order valence-electron chi connectivity index (χ4n) is 3.97. The molecular weight excluding hydrogens is 210 g/mol. The molecule has 0 aromatic rings. The normalized spacial score (nSPS) is 40.9. The van der Waals surface area contributed by atoms with Crippen molar-refractivity contribution in [3.05, 3.63) is 0 Å². The zero-order valence-electron chi connectivity index (χ0n) is 11.0. The monoisotopic (exact) mass is 235 g/mol. The van der Waals surface area contributed by atoms with Gasteiger partial charge in [0.15, 0.2) is 0 Å². The minimum Gasteiger partial charge on any atom is -0.342 e. The molecule has 1 heterocycles. The van der Waals surface area contributed by atoms with Gasteiger partial charge < -0.3 is 4.90 Å². The maximum Gasteiger partial charge on any atom is 0.225 e. The fraction of sp³-hybridized carbons (Fsp3) is 0.933. The van der Waals surface area contributed by atoms with Crippen molar-refractivity contribution in [3.8, 4) is 0 Å². The quantitative estimate of drug-likeness (QED) is 0.720. The van der Waals surface area contributed by atoms with Gasteiger partial charge in [0.05, 0.1) is 0 Å². The molecule has 0 radical (unpaired) electrons. The van der Waals surface area contributed by atoms with Gasteiger partial charge in [-0.3, -0.25) is 4.79 Å². The fourth-order valence-corrected chi connectivity index (χ4v) is 3.97. The third kappa shape index (κ3) is 2.36. The van der Waals surface area contributed by atoms with Gasteiger partial charge in [-0.25, -0.2) is 0 Å². The van der Waals surface area contributed by atoms with E-state index in [9.17, 15) is 4.79 Å². The number of likely N-dealkylation sites (tertiary alicyclic amines) is 1. The Morgan fingerprint density at radius 3 is 2.59 bits per heavy atom. The summed E-state index contributed by atoms with van der Waals surface area (Å²) in [7, 11) is 0. The smallest absolute Gasteiger partial charge is 0.225 e. The molecule has 3 unspecified atom stereocenters. The van der Waals surface area contributed by atoms with Gasteiger partial charge in [0, 0.05) is 19.0 Å². The maximum atomic E-state index is 12.4. The number of carbonyl (C=O) groups is 1. The summed E-state index contributed by atoms with van der Waals surface area (Å²) in [6, 6.07) is 0. The Morgan fingerprint density at radius 2 is 1.88 bits per heavy atom. The Balaban J connectivity index is 1.54. The van der Waals surface area contributed by atoms with E-state index >= 15 is 0 Å². The lowest BCUT2D eigenvalue weighted by atomic mass is 9.98. The van der Waals surface area contributed by atoms with E-state index in [1.54, 1.807) is 0 Å². The van der Waals surface area contributed by atoms with E-state index in [1.807, 2.05) is 0 Å². The van der Waals surface area contributed by atoms with E-state index in [0.717, 1.165) is 30.8 Å². The predicted octanol–water partition coefficient (Wildman–Crippen LogP) is 3.07. The molecular formula is C15H25NO. The van der Waals surface area contributed by atoms with Crippen LogP contribution in [-0.4, -0.2) is 23.9 Å². The van der Waals surface area contributed by atoms with Gasteiger partial charge in [0.2, 0.25) is 5.91 Å². The average Bonchev–Trinajstić information content (AvgIpc) is 3.04. The van der Waals surface area contributed by atoms with Gasteiger partial charge in [-0.1, -0.05) is 13.3 Å². The van der Waals surface area contributed by atoms with Crippen molar-refractivity contribution in [2.45, 2.75) is 51.9 Å². The van der Waals surface area contributed by atoms with Crippen LogP contribution in [0.4, 0.5) is 0 Å². The van der Waals surface area contributed by atoms with E-state index in [4.69, 9.17) is 0 Å². The second-order valence-electron chi connectivity index (χ2n) is 6.45. The van der Waals surface area contributed by atoms with Gasteiger partial charge in [-0.05, 0) is 56.3 Å². The molecule has 2 nitrogen and oxygen atoms in total. The van der Waals surface area contributed by atoms with E-state index in [0.29, 0.717) is 11.8 Å². The number of fused-ring (bicyclic) bond motifs is 1. The zero-order chi connectivity index (χ0) is 11.8. The van der Waals surface area contributed by atoms with Crippen LogP contribution < -0.4 is 0 Å². The van der Waals surface area contributed by atoms with Crippen molar-refractivity contribution in [2.75, 3.05) is 13.1 Å². The molecule has 3 fully saturated rings. The van der Waals surface area contributed by atoms with Crippen molar-refractivity contribution >= 4 is 5.91 Å². The van der Waals surface area contributed by atoms with Crippen LogP contribution in [-0.2, 0) is 4.79 Å². The molecule has 0 aromatic heterocycles. The van der Waals surface area contributed by atoms with Gasteiger partial charge in [0.25, 0.3) is 0 Å². The zero-order valence-corrected chi connectivity index (χ0v) is 11.0. The topological polar surface area (TPSA) is 20.3 Å². The first-order valence-electron chi connectivity index (χ1n) is 7.56. The number of nitrogens with zero attached hydrogens (tertiary/aromatic N) is 1. The van der Waals surface area contributed by atoms with Crippen molar-refractivity contribution in [1.82, 2.24) is 4.90 Å². The van der Waals surface area contributed by atoms with Crippen LogP contribution in [0.2, 0.25) is 0 Å². The third-order valence-corrected chi connectivity index (χ3v) is 5.33. The van der Waals surface area contributed by atoms with Crippen LogP contribution in [0.15, 0.2) is 0 Å². The molecule has 2 saturated carbocycles. The number of amides is 1. The molecule has 3 aliphatic rings. The van der Waals surface area contributed by atoms with Crippen molar-refractivity contribution in [1.29, 1.82) is 0 Å². The highest BCUT2D eigenvalue weighted by Gasteiger charge is 2.48. The molecule has 1 saturated heterocycles. The van der Waals surface area contributed by atoms with Crippen molar-refractivity contribution in [2.24, 2.45) is 23.7 Å². The van der Waals surface area contributed by atoms with Gasteiger partial charge in [-0.2, -0.15) is 0 Å². The Morgan fingerprint density at radius 1 is 1.12 bits per heavy atom. The Bertz CT molecular complexity index is 291. The Labute approximate surface area is 105 Å². The summed E-state index contributed by atoms with van der Waals surface area (Å²) >= 11 is 0. The SMILES string of the molecule is CCC1CCCN(C(=O)C2CC3CC3C2)CC1. The minimum absolute atomic E-state index is 0.400. The summed E-state index contributed by atoms with van der Waals surface area (Å²) in [5.74, 6) is 3.62. The standard InChI is InChI=1S/C15H25NO/c1-2-11-4-3-6-16(7-5-11)15(17)14-9-12-8-13(12)10-14/h11-14H,2-10H2,1H3. The average molecular weight is 235 g/mol. The highest BCUT2D eigenvalue weighted by Crippen LogP contribution is 2.54. The van der Waals surface area contributed by atoms with Gasteiger partial charge >= 0.3 is 0 Å². The van der Waals surface area contributed by atoms with Crippen molar-refractivity contribution < 1.29 is 4.79 Å². The van der Waals surface area contributed by atoms with E-state index in [1.165, 1.54) is 44.9 Å².